The lowest BCUT2D eigenvalue weighted by Crippen LogP contribution is -2.33. The molecule has 0 saturated carbocycles. The highest BCUT2D eigenvalue weighted by Crippen LogP contribution is 2.13. The molecule has 0 radical (unpaired) electrons. The Morgan fingerprint density at radius 1 is 1.29 bits per heavy atom. The van der Waals surface area contributed by atoms with Gasteiger partial charge in [0.25, 0.3) is 0 Å². The van der Waals surface area contributed by atoms with Crippen molar-refractivity contribution in [3.05, 3.63) is 35.4 Å². The smallest absolute Gasteiger partial charge is 0.234 e. The Bertz CT molecular complexity index is 383. The zero-order valence-corrected chi connectivity index (χ0v) is 9.72. The van der Waals surface area contributed by atoms with Gasteiger partial charge in [-0.25, -0.2) is 14.2 Å². The van der Waals surface area contributed by atoms with Gasteiger partial charge < -0.3 is 0 Å². The fourth-order valence-corrected chi connectivity index (χ4v) is 1.54. The third-order valence-corrected chi connectivity index (χ3v) is 2.37. The number of hydrogen-bond acceptors (Lipinski definition) is 2. The molecule has 0 aliphatic rings. The summed E-state index contributed by atoms with van der Waals surface area (Å²) in [7, 11) is 1.61. The highest BCUT2D eigenvalue weighted by atomic mass is 19.1. The summed E-state index contributed by atoms with van der Waals surface area (Å²) in [6.45, 7) is 0. The summed E-state index contributed by atoms with van der Waals surface area (Å²) in [5, 5.41) is 0. The second-order valence-electron chi connectivity index (χ2n) is 3.74. The molecule has 94 valence electrons. The Hall–Kier alpha value is -1.49. The molecular formula is C12H16F2N2O. The van der Waals surface area contributed by atoms with Crippen LogP contribution in [-0.2, 0) is 11.2 Å². The number of benzene rings is 1. The first-order chi connectivity index (χ1) is 8.13. The Kier molecular flexibility index (Phi) is 5.56. The molecule has 0 spiro atoms. The van der Waals surface area contributed by atoms with Crippen molar-refractivity contribution in [1.82, 2.24) is 10.9 Å². The van der Waals surface area contributed by atoms with E-state index >= 15 is 0 Å². The van der Waals surface area contributed by atoms with Crippen LogP contribution in [0.3, 0.4) is 0 Å². The molecule has 0 unspecified atom stereocenters. The van der Waals surface area contributed by atoms with E-state index in [4.69, 9.17) is 0 Å². The second-order valence-corrected chi connectivity index (χ2v) is 3.74. The van der Waals surface area contributed by atoms with Gasteiger partial charge >= 0.3 is 0 Å². The zero-order valence-electron chi connectivity index (χ0n) is 9.72. The molecule has 0 saturated heterocycles. The van der Waals surface area contributed by atoms with Crippen LogP contribution < -0.4 is 10.9 Å². The van der Waals surface area contributed by atoms with E-state index in [0.29, 0.717) is 31.2 Å². The molecule has 0 fully saturated rings. The van der Waals surface area contributed by atoms with Gasteiger partial charge in [-0.1, -0.05) is 0 Å². The normalized spacial score (nSPS) is 10.3. The minimum atomic E-state index is -0.436. The largest absolute Gasteiger partial charge is 0.292 e. The van der Waals surface area contributed by atoms with Gasteiger partial charge in [0.2, 0.25) is 5.91 Å². The van der Waals surface area contributed by atoms with Gasteiger partial charge in [0.1, 0.15) is 11.6 Å². The fourth-order valence-electron chi connectivity index (χ4n) is 1.54. The van der Waals surface area contributed by atoms with Crippen LogP contribution in [0.25, 0.3) is 0 Å². The molecule has 0 aromatic heterocycles. The summed E-state index contributed by atoms with van der Waals surface area (Å²) in [4.78, 5) is 11.1. The minimum absolute atomic E-state index is 0.104. The lowest BCUT2D eigenvalue weighted by Gasteiger charge is -2.04. The molecule has 3 nitrogen and oxygen atoms in total. The van der Waals surface area contributed by atoms with E-state index in [1.165, 1.54) is 6.07 Å². The SMILES string of the molecule is CNNC(=O)CCCCc1cc(F)ccc1F. The summed E-state index contributed by atoms with van der Waals surface area (Å²) >= 11 is 0. The third-order valence-electron chi connectivity index (χ3n) is 2.37. The Labute approximate surface area is 99.2 Å². The quantitative estimate of drug-likeness (QED) is 0.591. The van der Waals surface area contributed by atoms with E-state index in [1.807, 2.05) is 0 Å². The number of hydrogen-bond donors (Lipinski definition) is 2. The molecule has 1 aromatic carbocycles. The molecule has 1 amide bonds. The molecule has 5 heteroatoms. The van der Waals surface area contributed by atoms with Gasteiger partial charge in [0, 0.05) is 13.5 Å². The second kappa shape index (κ2) is 6.96. The Morgan fingerprint density at radius 2 is 2.06 bits per heavy atom. The molecule has 0 atom stereocenters. The van der Waals surface area contributed by atoms with Gasteiger partial charge in [-0.2, -0.15) is 0 Å². The summed E-state index contributed by atoms with van der Waals surface area (Å²) in [5.41, 5.74) is 5.34. The van der Waals surface area contributed by atoms with Crippen molar-refractivity contribution in [1.29, 1.82) is 0 Å². The number of hydrazine groups is 1. The van der Waals surface area contributed by atoms with E-state index in [0.717, 1.165) is 12.1 Å². The molecule has 2 N–H and O–H groups in total. The molecule has 17 heavy (non-hydrogen) atoms. The first kappa shape index (κ1) is 13.6. The van der Waals surface area contributed by atoms with Crippen molar-refractivity contribution in [2.75, 3.05) is 7.05 Å². The van der Waals surface area contributed by atoms with Crippen LogP contribution >= 0.6 is 0 Å². The van der Waals surface area contributed by atoms with Crippen molar-refractivity contribution in [3.63, 3.8) is 0 Å². The van der Waals surface area contributed by atoms with Crippen LogP contribution in [0, 0.1) is 11.6 Å². The molecule has 0 heterocycles. The standard InChI is InChI=1S/C12H16F2N2O/c1-15-16-12(17)5-3-2-4-9-8-10(13)6-7-11(9)14/h6-8,15H,2-5H2,1H3,(H,16,17). The lowest BCUT2D eigenvalue weighted by molar-refractivity contribution is -0.122. The van der Waals surface area contributed by atoms with E-state index in [1.54, 1.807) is 7.05 Å². The van der Waals surface area contributed by atoms with Crippen molar-refractivity contribution < 1.29 is 13.6 Å². The van der Waals surface area contributed by atoms with Crippen LogP contribution in [0.4, 0.5) is 8.78 Å². The van der Waals surface area contributed by atoms with E-state index < -0.39 is 11.6 Å². The summed E-state index contributed by atoms with van der Waals surface area (Å²) < 4.78 is 26.1. The van der Waals surface area contributed by atoms with Crippen molar-refractivity contribution in [3.8, 4) is 0 Å². The van der Waals surface area contributed by atoms with Gasteiger partial charge in [-0.15, -0.1) is 0 Å². The number of carbonyl (C=O) groups excluding carboxylic acids is 1. The van der Waals surface area contributed by atoms with E-state index in [2.05, 4.69) is 10.9 Å². The average Bonchev–Trinajstić information content (AvgIpc) is 2.29. The van der Waals surface area contributed by atoms with Crippen LogP contribution in [0.2, 0.25) is 0 Å². The van der Waals surface area contributed by atoms with Gasteiger partial charge in [-0.05, 0) is 43.0 Å². The number of amides is 1. The maximum Gasteiger partial charge on any atom is 0.234 e. The van der Waals surface area contributed by atoms with Gasteiger partial charge in [0.05, 0.1) is 0 Å². The van der Waals surface area contributed by atoms with Crippen molar-refractivity contribution in [2.45, 2.75) is 25.7 Å². The zero-order chi connectivity index (χ0) is 12.7. The molecule has 0 bridgehead atoms. The molecule has 1 aromatic rings. The van der Waals surface area contributed by atoms with E-state index in [9.17, 15) is 13.6 Å². The predicted octanol–water partition coefficient (Wildman–Crippen LogP) is 1.93. The first-order valence-electron chi connectivity index (χ1n) is 5.53. The van der Waals surface area contributed by atoms with Crippen LogP contribution in [-0.4, -0.2) is 13.0 Å². The predicted molar refractivity (Wildman–Crippen MR) is 61.1 cm³/mol. The number of carbonyl (C=O) groups is 1. The summed E-state index contributed by atoms with van der Waals surface area (Å²) in [6.07, 6.45) is 2.11. The van der Waals surface area contributed by atoms with E-state index in [-0.39, 0.29) is 5.91 Å². The number of unbranched alkanes of at least 4 members (excludes halogenated alkanes) is 1. The van der Waals surface area contributed by atoms with Crippen LogP contribution in [0.1, 0.15) is 24.8 Å². The Balaban J connectivity index is 2.31. The average molecular weight is 242 g/mol. The first-order valence-corrected chi connectivity index (χ1v) is 5.53. The fraction of sp³-hybridized carbons (Fsp3) is 0.417. The van der Waals surface area contributed by atoms with Crippen molar-refractivity contribution in [2.24, 2.45) is 0 Å². The number of nitrogens with one attached hydrogen (secondary N) is 2. The molecular weight excluding hydrogens is 226 g/mol. The minimum Gasteiger partial charge on any atom is -0.292 e. The maximum absolute atomic E-state index is 13.2. The maximum atomic E-state index is 13.2. The summed E-state index contributed by atoms with van der Waals surface area (Å²) in [6, 6.07) is 3.42. The highest BCUT2D eigenvalue weighted by Gasteiger charge is 2.04. The van der Waals surface area contributed by atoms with Crippen molar-refractivity contribution >= 4 is 5.91 Å². The van der Waals surface area contributed by atoms with Crippen LogP contribution in [0.15, 0.2) is 18.2 Å². The third kappa shape index (κ3) is 4.91. The number of aryl methyl sites for hydroxylation is 1. The summed E-state index contributed by atoms with van der Waals surface area (Å²) in [5.74, 6) is -0.937. The molecule has 1 rings (SSSR count). The van der Waals surface area contributed by atoms with Gasteiger partial charge in [0.15, 0.2) is 0 Å². The number of rotatable bonds is 6. The molecule has 0 aliphatic carbocycles. The Morgan fingerprint density at radius 3 is 2.76 bits per heavy atom. The highest BCUT2D eigenvalue weighted by molar-refractivity contribution is 5.75. The lowest BCUT2D eigenvalue weighted by atomic mass is 10.1. The number of halogens is 2. The molecule has 0 aliphatic heterocycles. The topological polar surface area (TPSA) is 41.1 Å². The van der Waals surface area contributed by atoms with Gasteiger partial charge in [-0.3, -0.25) is 10.2 Å². The van der Waals surface area contributed by atoms with Crippen LogP contribution in [0.5, 0.6) is 0 Å². The monoisotopic (exact) mass is 242 g/mol.